The van der Waals surface area contributed by atoms with Crippen molar-refractivity contribution in [3.63, 3.8) is 0 Å². The van der Waals surface area contributed by atoms with Crippen molar-refractivity contribution >= 4 is 29.0 Å². The van der Waals surface area contributed by atoms with E-state index in [0.29, 0.717) is 31.1 Å². The number of ether oxygens (including phenoxy) is 2. The van der Waals surface area contributed by atoms with Crippen LogP contribution in [0, 0.1) is 13.8 Å². The molecule has 0 unspecified atom stereocenters. The third-order valence-corrected chi connectivity index (χ3v) is 6.61. The Balaban J connectivity index is 1.49. The number of methoxy groups -OCH3 is 1. The molecule has 0 spiro atoms. The zero-order valence-corrected chi connectivity index (χ0v) is 20.4. The van der Waals surface area contributed by atoms with Crippen LogP contribution in [0.3, 0.4) is 0 Å². The molecule has 0 radical (unpaired) electrons. The SMILES string of the molecule is COCCCN1C(=O)S/C(=C/c2cc(C)n(-c3ccc(OCc4ccccc4)cc3)c2C)C1=O. The van der Waals surface area contributed by atoms with Crippen LogP contribution < -0.4 is 4.74 Å². The number of imide groups is 1. The van der Waals surface area contributed by atoms with Gasteiger partial charge in [0, 0.05) is 37.3 Å². The largest absolute Gasteiger partial charge is 0.489 e. The van der Waals surface area contributed by atoms with Crippen LogP contribution in [0.2, 0.25) is 0 Å². The molecule has 0 bridgehead atoms. The van der Waals surface area contributed by atoms with E-state index in [9.17, 15) is 9.59 Å². The number of benzene rings is 2. The van der Waals surface area contributed by atoms with E-state index in [-0.39, 0.29) is 11.1 Å². The Morgan fingerprint density at radius 3 is 2.44 bits per heavy atom. The lowest BCUT2D eigenvalue weighted by Crippen LogP contribution is -2.29. The molecule has 1 fully saturated rings. The number of aromatic nitrogens is 1. The first kappa shape index (κ1) is 23.9. The highest BCUT2D eigenvalue weighted by Gasteiger charge is 2.34. The van der Waals surface area contributed by atoms with Gasteiger partial charge >= 0.3 is 0 Å². The van der Waals surface area contributed by atoms with Crippen LogP contribution in [0.1, 0.15) is 28.9 Å². The summed E-state index contributed by atoms with van der Waals surface area (Å²) in [5, 5.41) is -0.229. The summed E-state index contributed by atoms with van der Waals surface area (Å²) >= 11 is 0.992. The second-order valence-electron chi connectivity index (χ2n) is 8.11. The number of hydrogen-bond acceptors (Lipinski definition) is 5. The average molecular weight is 477 g/mol. The number of carbonyl (C=O) groups excluding carboxylic acids is 2. The molecular weight excluding hydrogens is 448 g/mol. The van der Waals surface area contributed by atoms with E-state index in [1.165, 1.54) is 4.90 Å². The normalized spacial score (nSPS) is 14.9. The molecule has 0 aliphatic carbocycles. The lowest BCUT2D eigenvalue weighted by atomic mass is 10.2. The van der Waals surface area contributed by atoms with Gasteiger partial charge in [-0.15, -0.1) is 0 Å². The van der Waals surface area contributed by atoms with Gasteiger partial charge in [0.1, 0.15) is 12.4 Å². The molecule has 2 amide bonds. The van der Waals surface area contributed by atoms with E-state index in [0.717, 1.165) is 45.7 Å². The van der Waals surface area contributed by atoms with E-state index in [1.54, 1.807) is 7.11 Å². The molecule has 34 heavy (non-hydrogen) atoms. The zero-order chi connectivity index (χ0) is 24.1. The van der Waals surface area contributed by atoms with Crippen molar-refractivity contribution in [3.05, 3.63) is 88.1 Å². The highest BCUT2D eigenvalue weighted by molar-refractivity contribution is 8.18. The van der Waals surface area contributed by atoms with Crippen LogP contribution in [0.5, 0.6) is 5.75 Å². The highest BCUT2D eigenvalue weighted by Crippen LogP contribution is 2.34. The zero-order valence-electron chi connectivity index (χ0n) is 19.6. The van der Waals surface area contributed by atoms with E-state index in [2.05, 4.69) is 4.57 Å². The molecule has 0 atom stereocenters. The first-order valence-corrected chi connectivity index (χ1v) is 12.0. The second kappa shape index (κ2) is 10.8. The molecule has 3 aromatic rings. The smallest absolute Gasteiger partial charge is 0.293 e. The Morgan fingerprint density at radius 2 is 1.74 bits per heavy atom. The third-order valence-electron chi connectivity index (χ3n) is 5.70. The summed E-state index contributed by atoms with van der Waals surface area (Å²) in [5.41, 5.74) is 5.10. The Bertz CT molecular complexity index is 1200. The predicted octanol–water partition coefficient (Wildman–Crippen LogP) is 5.75. The summed E-state index contributed by atoms with van der Waals surface area (Å²) in [4.78, 5) is 26.8. The van der Waals surface area contributed by atoms with Gasteiger partial charge in [-0.3, -0.25) is 14.5 Å². The second-order valence-corrected chi connectivity index (χ2v) is 9.10. The van der Waals surface area contributed by atoms with Gasteiger partial charge in [-0.25, -0.2) is 0 Å². The van der Waals surface area contributed by atoms with Crippen LogP contribution in [-0.4, -0.2) is 40.9 Å². The number of thioether (sulfide) groups is 1. The molecule has 1 saturated heterocycles. The molecule has 1 aliphatic heterocycles. The van der Waals surface area contributed by atoms with Crippen molar-refractivity contribution in [1.29, 1.82) is 0 Å². The van der Waals surface area contributed by atoms with Crippen LogP contribution >= 0.6 is 11.8 Å². The van der Waals surface area contributed by atoms with Gasteiger partial charge in [-0.1, -0.05) is 30.3 Å². The van der Waals surface area contributed by atoms with E-state index in [1.807, 2.05) is 80.6 Å². The van der Waals surface area contributed by atoms with Gasteiger partial charge < -0.3 is 14.0 Å². The van der Waals surface area contributed by atoms with E-state index >= 15 is 0 Å². The van der Waals surface area contributed by atoms with Crippen LogP contribution in [-0.2, 0) is 16.1 Å². The fraction of sp³-hybridized carbons (Fsp3) is 0.259. The summed E-state index contributed by atoms with van der Waals surface area (Å²) in [6.07, 6.45) is 2.44. The Hall–Kier alpha value is -3.29. The summed E-state index contributed by atoms with van der Waals surface area (Å²) < 4.78 is 13.1. The molecule has 2 heterocycles. The van der Waals surface area contributed by atoms with Crippen molar-refractivity contribution in [2.75, 3.05) is 20.3 Å². The number of hydrogen-bond donors (Lipinski definition) is 0. The fourth-order valence-electron chi connectivity index (χ4n) is 3.96. The molecule has 1 aliphatic rings. The minimum absolute atomic E-state index is 0.229. The monoisotopic (exact) mass is 476 g/mol. The van der Waals surface area contributed by atoms with Gasteiger partial charge in [0.25, 0.3) is 11.1 Å². The summed E-state index contributed by atoms with van der Waals surface area (Å²) in [6.45, 7) is 5.44. The molecule has 0 N–H and O–H groups in total. The first-order chi connectivity index (χ1) is 16.5. The molecule has 4 rings (SSSR count). The predicted molar refractivity (Wildman–Crippen MR) is 135 cm³/mol. The number of nitrogens with zero attached hydrogens (tertiary/aromatic N) is 2. The van der Waals surface area contributed by atoms with Crippen LogP contribution in [0.4, 0.5) is 4.79 Å². The summed E-state index contributed by atoms with van der Waals surface area (Å²) in [5.74, 6) is 0.563. The lowest BCUT2D eigenvalue weighted by molar-refractivity contribution is -0.122. The Kier molecular flexibility index (Phi) is 7.55. The van der Waals surface area contributed by atoms with E-state index < -0.39 is 0 Å². The van der Waals surface area contributed by atoms with Crippen molar-refractivity contribution < 1.29 is 19.1 Å². The minimum atomic E-state index is -0.240. The lowest BCUT2D eigenvalue weighted by Gasteiger charge is -2.12. The Labute approximate surface area is 204 Å². The van der Waals surface area contributed by atoms with Crippen molar-refractivity contribution in [3.8, 4) is 11.4 Å². The van der Waals surface area contributed by atoms with Crippen molar-refractivity contribution in [2.45, 2.75) is 26.9 Å². The number of amides is 2. The molecule has 0 saturated carbocycles. The maximum Gasteiger partial charge on any atom is 0.293 e. The van der Waals surface area contributed by atoms with Crippen LogP contribution in [0.25, 0.3) is 11.8 Å². The Morgan fingerprint density at radius 1 is 1.00 bits per heavy atom. The minimum Gasteiger partial charge on any atom is -0.489 e. The highest BCUT2D eigenvalue weighted by atomic mass is 32.2. The number of rotatable bonds is 9. The maximum absolute atomic E-state index is 12.7. The van der Waals surface area contributed by atoms with Gasteiger partial charge in [0.15, 0.2) is 0 Å². The average Bonchev–Trinajstić information content (AvgIpc) is 3.27. The summed E-state index contributed by atoms with van der Waals surface area (Å²) in [6, 6.07) is 20.1. The van der Waals surface area contributed by atoms with Gasteiger partial charge in [-0.05, 0) is 79.6 Å². The van der Waals surface area contributed by atoms with Crippen LogP contribution in [0.15, 0.2) is 65.6 Å². The standard InChI is InChI=1S/C27H28N2O4S/c1-19-16-22(17-25-26(30)28(27(31)34-25)14-7-15-32-3)20(2)29(19)23-10-12-24(13-11-23)33-18-21-8-5-4-6-9-21/h4-6,8-13,16-17H,7,14-15,18H2,1-3H3/b25-17+. The molecular formula is C27H28N2O4S. The first-order valence-electron chi connectivity index (χ1n) is 11.2. The summed E-state index contributed by atoms with van der Waals surface area (Å²) in [7, 11) is 1.61. The van der Waals surface area contributed by atoms with Gasteiger partial charge in [0.2, 0.25) is 0 Å². The number of aryl methyl sites for hydroxylation is 1. The quantitative estimate of drug-likeness (QED) is 0.291. The van der Waals surface area contributed by atoms with E-state index in [4.69, 9.17) is 9.47 Å². The van der Waals surface area contributed by atoms with Crippen molar-refractivity contribution in [1.82, 2.24) is 9.47 Å². The molecule has 1 aromatic heterocycles. The molecule has 2 aromatic carbocycles. The topological polar surface area (TPSA) is 60.8 Å². The molecule has 6 nitrogen and oxygen atoms in total. The maximum atomic E-state index is 12.7. The van der Waals surface area contributed by atoms with Gasteiger partial charge in [-0.2, -0.15) is 0 Å². The third kappa shape index (κ3) is 5.26. The van der Waals surface area contributed by atoms with Crippen molar-refractivity contribution in [2.24, 2.45) is 0 Å². The molecule has 7 heteroatoms. The number of carbonyl (C=O) groups is 2. The van der Waals surface area contributed by atoms with Gasteiger partial charge in [0.05, 0.1) is 4.91 Å². The molecule has 176 valence electrons. The fourth-order valence-corrected chi connectivity index (χ4v) is 4.82.